The summed E-state index contributed by atoms with van der Waals surface area (Å²) in [6.07, 6.45) is -0.254. The lowest BCUT2D eigenvalue weighted by Gasteiger charge is -2.36. The summed E-state index contributed by atoms with van der Waals surface area (Å²) < 4.78 is 24.1. The average Bonchev–Trinajstić information content (AvgIpc) is 2.45. The molecule has 1 aliphatic heterocycles. The molecule has 2 rings (SSSR count). The van der Waals surface area contributed by atoms with Crippen molar-refractivity contribution in [1.82, 2.24) is 4.90 Å². The van der Waals surface area contributed by atoms with Crippen LogP contribution in [0.3, 0.4) is 0 Å². The molecule has 20 heavy (non-hydrogen) atoms. The number of halogens is 1. The molecule has 0 radical (unpaired) electrons. The Morgan fingerprint density at radius 3 is 2.90 bits per heavy atom. The summed E-state index contributed by atoms with van der Waals surface area (Å²) in [5, 5.41) is 0. The molecule has 2 unspecified atom stereocenters. The Morgan fingerprint density at radius 2 is 2.30 bits per heavy atom. The molecule has 1 aromatic rings. The van der Waals surface area contributed by atoms with Crippen LogP contribution < -0.4 is 10.5 Å². The van der Waals surface area contributed by atoms with Gasteiger partial charge >= 0.3 is 0 Å². The van der Waals surface area contributed by atoms with Crippen LogP contribution in [0.2, 0.25) is 0 Å². The second kappa shape index (κ2) is 6.19. The van der Waals surface area contributed by atoms with Crippen molar-refractivity contribution in [2.24, 2.45) is 5.73 Å². The van der Waals surface area contributed by atoms with Crippen molar-refractivity contribution in [2.75, 3.05) is 26.7 Å². The number of carbonyl (C=O) groups excluding carboxylic acids is 1. The van der Waals surface area contributed by atoms with Gasteiger partial charge in [-0.3, -0.25) is 4.79 Å². The zero-order valence-corrected chi connectivity index (χ0v) is 11.6. The molecule has 1 fully saturated rings. The Hall–Kier alpha value is -1.66. The maximum Gasteiger partial charge on any atom is 0.254 e. The fourth-order valence-corrected chi connectivity index (χ4v) is 2.32. The molecule has 2 N–H and O–H groups in total. The Balaban J connectivity index is 2.16. The standard InChI is InChI=1S/C14H19FN2O3/c1-9-7-17(8-11(6-16)20-9)14(18)10-3-4-13(19-2)12(15)5-10/h3-5,9,11H,6-8,16H2,1-2H3. The smallest absolute Gasteiger partial charge is 0.254 e. The maximum absolute atomic E-state index is 13.7. The van der Waals surface area contributed by atoms with Crippen LogP contribution in [0.4, 0.5) is 4.39 Å². The van der Waals surface area contributed by atoms with Crippen molar-refractivity contribution in [3.8, 4) is 5.75 Å². The molecule has 0 aliphatic carbocycles. The molecule has 6 heteroatoms. The first-order valence-electron chi connectivity index (χ1n) is 6.53. The highest BCUT2D eigenvalue weighted by Gasteiger charge is 2.28. The number of hydrogen-bond donors (Lipinski definition) is 1. The van der Waals surface area contributed by atoms with Crippen molar-refractivity contribution >= 4 is 5.91 Å². The monoisotopic (exact) mass is 282 g/mol. The van der Waals surface area contributed by atoms with Gasteiger partial charge in [0.2, 0.25) is 0 Å². The SMILES string of the molecule is COc1ccc(C(=O)N2CC(C)OC(CN)C2)cc1F. The van der Waals surface area contributed by atoms with E-state index in [0.717, 1.165) is 0 Å². The lowest BCUT2D eigenvalue weighted by molar-refractivity contribution is -0.0625. The zero-order valence-electron chi connectivity index (χ0n) is 11.6. The van der Waals surface area contributed by atoms with E-state index in [0.29, 0.717) is 25.2 Å². The molecule has 2 atom stereocenters. The molecular formula is C14H19FN2O3. The molecule has 0 saturated carbocycles. The van der Waals surface area contributed by atoms with E-state index in [9.17, 15) is 9.18 Å². The Bertz CT molecular complexity index is 495. The Kier molecular flexibility index (Phi) is 4.57. The van der Waals surface area contributed by atoms with Crippen LogP contribution in [-0.2, 0) is 4.74 Å². The Morgan fingerprint density at radius 1 is 1.55 bits per heavy atom. The quantitative estimate of drug-likeness (QED) is 0.899. The van der Waals surface area contributed by atoms with E-state index in [4.69, 9.17) is 15.2 Å². The van der Waals surface area contributed by atoms with Crippen molar-refractivity contribution < 1.29 is 18.7 Å². The lowest BCUT2D eigenvalue weighted by atomic mass is 10.1. The molecule has 5 nitrogen and oxygen atoms in total. The minimum Gasteiger partial charge on any atom is -0.494 e. The molecule has 0 aromatic heterocycles. The molecule has 1 aliphatic rings. The summed E-state index contributed by atoms with van der Waals surface area (Å²) in [6, 6.07) is 4.20. The minimum atomic E-state index is -0.546. The molecule has 0 bridgehead atoms. The number of carbonyl (C=O) groups is 1. The molecule has 1 saturated heterocycles. The van der Waals surface area contributed by atoms with Crippen LogP contribution in [0.1, 0.15) is 17.3 Å². The minimum absolute atomic E-state index is 0.0793. The summed E-state index contributed by atoms with van der Waals surface area (Å²) in [7, 11) is 1.38. The van der Waals surface area contributed by atoms with Gasteiger partial charge in [0, 0.05) is 25.2 Å². The predicted octanol–water partition coefficient (Wildman–Crippen LogP) is 1.02. The van der Waals surface area contributed by atoms with Gasteiger partial charge in [-0.05, 0) is 25.1 Å². The van der Waals surface area contributed by atoms with Gasteiger partial charge < -0.3 is 20.1 Å². The van der Waals surface area contributed by atoms with Crippen molar-refractivity contribution in [3.05, 3.63) is 29.6 Å². The summed E-state index contributed by atoms with van der Waals surface area (Å²) in [6.45, 7) is 3.14. The molecular weight excluding hydrogens is 263 g/mol. The lowest BCUT2D eigenvalue weighted by Crippen LogP contribution is -2.51. The second-order valence-corrected chi connectivity index (χ2v) is 4.86. The van der Waals surface area contributed by atoms with Crippen molar-refractivity contribution in [2.45, 2.75) is 19.1 Å². The molecule has 1 amide bonds. The summed E-state index contributed by atoms with van der Waals surface area (Å²) >= 11 is 0. The van der Waals surface area contributed by atoms with Crippen molar-refractivity contribution in [1.29, 1.82) is 0 Å². The van der Waals surface area contributed by atoms with E-state index in [2.05, 4.69) is 0 Å². The highest BCUT2D eigenvalue weighted by atomic mass is 19.1. The first kappa shape index (κ1) is 14.7. The van der Waals surface area contributed by atoms with Gasteiger partial charge in [0.15, 0.2) is 11.6 Å². The van der Waals surface area contributed by atoms with Crippen molar-refractivity contribution in [3.63, 3.8) is 0 Å². The molecule has 0 spiro atoms. The van der Waals surface area contributed by atoms with E-state index >= 15 is 0 Å². The number of nitrogens with two attached hydrogens (primary N) is 1. The van der Waals surface area contributed by atoms with Gasteiger partial charge in [0.25, 0.3) is 5.91 Å². The first-order chi connectivity index (χ1) is 9.55. The van der Waals surface area contributed by atoms with Crippen LogP contribution in [0.25, 0.3) is 0 Å². The van der Waals surface area contributed by atoms with Gasteiger partial charge in [-0.25, -0.2) is 4.39 Å². The van der Waals surface area contributed by atoms with Gasteiger partial charge in [0.05, 0.1) is 19.3 Å². The number of nitrogens with zero attached hydrogens (tertiary/aromatic N) is 1. The fourth-order valence-electron chi connectivity index (χ4n) is 2.32. The van der Waals surface area contributed by atoms with E-state index in [1.807, 2.05) is 6.92 Å². The van der Waals surface area contributed by atoms with E-state index in [1.165, 1.54) is 19.2 Å². The largest absolute Gasteiger partial charge is 0.494 e. The van der Waals surface area contributed by atoms with Gasteiger partial charge in [-0.1, -0.05) is 0 Å². The third-order valence-corrected chi connectivity index (χ3v) is 3.28. The highest BCUT2D eigenvalue weighted by molar-refractivity contribution is 5.94. The van der Waals surface area contributed by atoms with Gasteiger partial charge in [0.1, 0.15) is 0 Å². The predicted molar refractivity (Wildman–Crippen MR) is 72.2 cm³/mol. The first-order valence-corrected chi connectivity index (χ1v) is 6.53. The number of amides is 1. The third kappa shape index (κ3) is 3.08. The van der Waals surface area contributed by atoms with Crippen LogP contribution in [0.15, 0.2) is 18.2 Å². The summed E-state index contributed by atoms with van der Waals surface area (Å²) in [4.78, 5) is 14.0. The normalized spacial score (nSPS) is 22.7. The Labute approximate surface area is 117 Å². The number of methoxy groups -OCH3 is 1. The summed E-state index contributed by atoms with van der Waals surface area (Å²) in [5.41, 5.74) is 5.89. The number of benzene rings is 1. The number of rotatable bonds is 3. The number of morpholine rings is 1. The van der Waals surface area contributed by atoms with E-state index in [1.54, 1.807) is 11.0 Å². The average molecular weight is 282 g/mol. The topological polar surface area (TPSA) is 64.8 Å². The maximum atomic E-state index is 13.7. The van der Waals surface area contributed by atoms with Crippen LogP contribution in [0.5, 0.6) is 5.75 Å². The molecule has 1 aromatic carbocycles. The van der Waals surface area contributed by atoms with Crippen LogP contribution in [0, 0.1) is 5.82 Å². The van der Waals surface area contributed by atoms with E-state index in [-0.39, 0.29) is 23.9 Å². The number of hydrogen-bond acceptors (Lipinski definition) is 4. The van der Waals surface area contributed by atoms with Crippen LogP contribution in [-0.4, -0.2) is 49.8 Å². The van der Waals surface area contributed by atoms with Gasteiger partial charge in [-0.2, -0.15) is 0 Å². The van der Waals surface area contributed by atoms with E-state index < -0.39 is 5.82 Å². The zero-order chi connectivity index (χ0) is 14.7. The highest BCUT2D eigenvalue weighted by Crippen LogP contribution is 2.20. The molecule has 110 valence electrons. The fraction of sp³-hybridized carbons (Fsp3) is 0.500. The number of ether oxygens (including phenoxy) is 2. The second-order valence-electron chi connectivity index (χ2n) is 4.86. The third-order valence-electron chi connectivity index (χ3n) is 3.28. The summed E-state index contributed by atoms with van der Waals surface area (Å²) in [5.74, 6) is -0.646. The van der Waals surface area contributed by atoms with Gasteiger partial charge in [-0.15, -0.1) is 0 Å². The van der Waals surface area contributed by atoms with Crippen LogP contribution >= 0.6 is 0 Å². The molecule has 1 heterocycles.